The van der Waals surface area contributed by atoms with Gasteiger partial charge in [-0.1, -0.05) is 24.3 Å². The number of nitrogens with one attached hydrogen (secondary N) is 1. The highest BCUT2D eigenvalue weighted by atomic mass is 32.2. The second-order valence-corrected chi connectivity index (χ2v) is 10.8. The zero-order valence-electron chi connectivity index (χ0n) is 20.2. The number of carbonyl (C=O) groups excluding carboxylic acids is 3. The maximum absolute atomic E-state index is 13.4. The number of ketones is 2. The number of phenols is 2. The summed E-state index contributed by atoms with van der Waals surface area (Å²) in [5.74, 6) is -6.26. The first-order chi connectivity index (χ1) is 18.3. The van der Waals surface area contributed by atoms with Gasteiger partial charge in [0.25, 0.3) is 0 Å². The molecule has 2 amide bonds. The van der Waals surface area contributed by atoms with Crippen LogP contribution in [0.15, 0.2) is 35.2 Å². The molecule has 206 valence electrons. The largest absolute Gasteiger partial charge is 0.504 e. The topological polar surface area (TPSA) is 219 Å². The van der Waals surface area contributed by atoms with Crippen LogP contribution in [0.1, 0.15) is 44.7 Å². The first-order valence-corrected chi connectivity index (χ1v) is 13.1. The van der Waals surface area contributed by atoms with E-state index >= 15 is 0 Å². The molecule has 0 bridgehead atoms. The van der Waals surface area contributed by atoms with Crippen molar-refractivity contribution >= 4 is 39.6 Å². The quantitative estimate of drug-likeness (QED) is 0.245. The smallest absolute Gasteiger partial charge is 0.326 e. The van der Waals surface area contributed by atoms with Gasteiger partial charge in [0.1, 0.15) is 10.9 Å². The molecule has 15 heteroatoms. The van der Waals surface area contributed by atoms with Gasteiger partial charge in [0.2, 0.25) is 10.0 Å². The normalized spacial score (nSPS) is 16.3. The Labute approximate surface area is 221 Å². The van der Waals surface area contributed by atoms with Gasteiger partial charge >= 0.3 is 18.0 Å². The van der Waals surface area contributed by atoms with E-state index in [2.05, 4.69) is 5.32 Å². The van der Waals surface area contributed by atoms with Crippen LogP contribution in [0, 0.1) is 0 Å². The Hall–Kier alpha value is -4.50. The van der Waals surface area contributed by atoms with Gasteiger partial charge in [-0.3, -0.25) is 14.4 Å². The second kappa shape index (κ2) is 10.3. The molecule has 1 saturated heterocycles. The zero-order valence-corrected chi connectivity index (χ0v) is 21.0. The van der Waals surface area contributed by atoms with E-state index in [-0.39, 0.29) is 49.3 Å². The number of carboxylic acids is 2. The number of rotatable bonds is 7. The number of urea groups is 1. The van der Waals surface area contributed by atoms with Gasteiger partial charge < -0.3 is 30.6 Å². The predicted molar refractivity (Wildman–Crippen MR) is 130 cm³/mol. The van der Waals surface area contributed by atoms with Crippen molar-refractivity contribution in [1.29, 1.82) is 0 Å². The molecule has 0 unspecified atom stereocenters. The highest BCUT2D eigenvalue weighted by Crippen LogP contribution is 2.43. The average molecular weight is 562 g/mol. The summed E-state index contributed by atoms with van der Waals surface area (Å²) < 4.78 is 27.7. The molecule has 0 radical (unpaired) electrons. The minimum Gasteiger partial charge on any atom is -0.504 e. The second-order valence-electron chi connectivity index (χ2n) is 8.86. The number of carboxylic acid groups (broad SMARTS) is 2. The lowest BCUT2D eigenvalue weighted by Gasteiger charge is -2.34. The third-order valence-electron chi connectivity index (χ3n) is 6.51. The lowest BCUT2D eigenvalue weighted by atomic mass is 9.83. The standard InChI is InChI=1S/C24H23N3O11S/c28-17(29)6-5-15(23(34)35)25-24(36)26-7-9-27(10-8-26)39(37,38)16-11-14-18(22(33)21(16)32)20(31)13-4-2-1-3-12(13)19(14)30/h1-4,11,15,32-33H,5-10H2,(H,25,36)(H,28,29)(H,34,35)/t15-/m0/s1. The van der Waals surface area contributed by atoms with Crippen molar-refractivity contribution < 1.29 is 52.8 Å². The van der Waals surface area contributed by atoms with Crippen molar-refractivity contribution in [3.8, 4) is 11.5 Å². The van der Waals surface area contributed by atoms with Crippen LogP contribution in [0.3, 0.4) is 0 Å². The molecule has 1 heterocycles. The van der Waals surface area contributed by atoms with Crippen molar-refractivity contribution in [3.05, 3.63) is 52.6 Å². The Morgan fingerprint density at radius 3 is 2.05 bits per heavy atom. The number of nitrogens with zero attached hydrogens (tertiary/aromatic N) is 2. The van der Waals surface area contributed by atoms with Gasteiger partial charge in [0.05, 0.1) is 5.56 Å². The molecular weight excluding hydrogens is 538 g/mol. The van der Waals surface area contributed by atoms with Gasteiger partial charge in [0.15, 0.2) is 23.1 Å². The van der Waals surface area contributed by atoms with Crippen LogP contribution in [0.5, 0.6) is 11.5 Å². The summed E-state index contributed by atoms with van der Waals surface area (Å²) in [6.45, 7) is -0.928. The molecule has 0 spiro atoms. The van der Waals surface area contributed by atoms with Crippen LogP contribution >= 0.6 is 0 Å². The summed E-state index contributed by atoms with van der Waals surface area (Å²) in [5.41, 5.74) is -0.868. The number of sulfonamides is 1. The van der Waals surface area contributed by atoms with E-state index in [0.717, 1.165) is 15.3 Å². The number of phenolic OH excluding ortho intramolecular Hbond substituents is 2. The molecule has 1 aliphatic heterocycles. The van der Waals surface area contributed by atoms with Crippen molar-refractivity contribution in [2.24, 2.45) is 0 Å². The number of hydrogen-bond donors (Lipinski definition) is 5. The number of benzene rings is 2. The number of hydrogen-bond acceptors (Lipinski definition) is 9. The summed E-state index contributed by atoms with van der Waals surface area (Å²) in [7, 11) is -4.53. The van der Waals surface area contributed by atoms with Crippen molar-refractivity contribution in [2.75, 3.05) is 26.2 Å². The number of carbonyl (C=O) groups is 5. The highest BCUT2D eigenvalue weighted by molar-refractivity contribution is 7.89. The van der Waals surface area contributed by atoms with Crippen LogP contribution in [-0.2, 0) is 19.6 Å². The van der Waals surface area contributed by atoms with Gasteiger partial charge in [-0.05, 0) is 12.5 Å². The van der Waals surface area contributed by atoms with Crippen LogP contribution < -0.4 is 5.32 Å². The van der Waals surface area contributed by atoms with E-state index in [0.29, 0.717) is 0 Å². The first kappa shape index (κ1) is 27.5. The van der Waals surface area contributed by atoms with Crippen LogP contribution in [0.2, 0.25) is 0 Å². The van der Waals surface area contributed by atoms with E-state index in [1.165, 1.54) is 24.3 Å². The summed E-state index contributed by atoms with van der Waals surface area (Å²) in [6.07, 6.45) is -0.836. The Balaban J connectivity index is 1.54. The summed E-state index contributed by atoms with van der Waals surface area (Å²) in [6, 6.07) is 4.35. The van der Waals surface area contributed by atoms with E-state index in [9.17, 15) is 47.7 Å². The Morgan fingerprint density at radius 1 is 0.897 bits per heavy atom. The van der Waals surface area contributed by atoms with E-state index < -0.39 is 74.0 Å². The van der Waals surface area contributed by atoms with Crippen LogP contribution in [0.4, 0.5) is 4.79 Å². The molecule has 5 N–H and O–H groups in total. The summed E-state index contributed by atoms with van der Waals surface area (Å²) >= 11 is 0. The SMILES string of the molecule is O=C(O)CC[C@H](NC(=O)N1CCN(S(=O)(=O)c2cc3c(c(O)c2O)C(=O)c2ccccc2C3=O)CC1)C(=O)O. The predicted octanol–water partition coefficient (Wildman–Crippen LogP) is 0.207. The maximum Gasteiger partial charge on any atom is 0.326 e. The lowest BCUT2D eigenvalue weighted by molar-refractivity contribution is -0.140. The first-order valence-electron chi connectivity index (χ1n) is 11.6. The molecule has 2 aromatic carbocycles. The lowest BCUT2D eigenvalue weighted by Crippen LogP contribution is -2.55. The molecule has 14 nitrogen and oxygen atoms in total. The fourth-order valence-electron chi connectivity index (χ4n) is 4.43. The monoisotopic (exact) mass is 561 g/mol. The van der Waals surface area contributed by atoms with Gasteiger partial charge in [-0.15, -0.1) is 0 Å². The molecule has 0 saturated carbocycles. The molecule has 1 aliphatic carbocycles. The Bertz CT molecular complexity index is 1510. The van der Waals surface area contributed by atoms with E-state index in [4.69, 9.17) is 5.11 Å². The number of aliphatic carboxylic acids is 2. The average Bonchev–Trinajstić information content (AvgIpc) is 2.90. The van der Waals surface area contributed by atoms with Crippen molar-refractivity contribution in [2.45, 2.75) is 23.8 Å². The molecule has 0 aromatic heterocycles. The molecular formula is C24H23N3O11S. The molecule has 1 fully saturated rings. The summed E-state index contributed by atoms with van der Waals surface area (Å²) in [5, 5.41) is 41.3. The Kier molecular flexibility index (Phi) is 7.30. The molecule has 1 atom stereocenters. The van der Waals surface area contributed by atoms with Crippen molar-refractivity contribution in [1.82, 2.24) is 14.5 Å². The van der Waals surface area contributed by atoms with Crippen LogP contribution in [0.25, 0.3) is 0 Å². The molecule has 2 aromatic rings. The highest BCUT2D eigenvalue weighted by Gasteiger charge is 2.39. The molecule has 39 heavy (non-hydrogen) atoms. The third kappa shape index (κ3) is 5.00. The van der Waals surface area contributed by atoms with Gasteiger partial charge in [-0.25, -0.2) is 18.0 Å². The van der Waals surface area contributed by atoms with Gasteiger partial charge in [0, 0.05) is 49.3 Å². The van der Waals surface area contributed by atoms with E-state index in [1.807, 2.05) is 0 Å². The van der Waals surface area contributed by atoms with Crippen LogP contribution in [-0.4, -0.2) is 99.8 Å². The number of aromatic hydroxyl groups is 2. The summed E-state index contributed by atoms with van der Waals surface area (Å²) in [4.78, 5) is 60.8. The molecule has 4 rings (SSSR count). The number of fused-ring (bicyclic) bond motifs is 2. The van der Waals surface area contributed by atoms with Gasteiger partial charge in [-0.2, -0.15) is 4.31 Å². The fraction of sp³-hybridized carbons (Fsp3) is 0.292. The fourth-order valence-corrected chi connectivity index (χ4v) is 5.96. The number of amides is 2. The number of piperazine rings is 1. The third-order valence-corrected chi connectivity index (χ3v) is 8.43. The maximum atomic E-state index is 13.4. The van der Waals surface area contributed by atoms with E-state index in [1.54, 1.807) is 0 Å². The zero-order chi connectivity index (χ0) is 28.6. The minimum absolute atomic E-state index is 0.00260. The molecule has 2 aliphatic rings. The Morgan fingerprint density at radius 2 is 1.49 bits per heavy atom. The van der Waals surface area contributed by atoms with Crippen molar-refractivity contribution in [3.63, 3.8) is 0 Å². The minimum atomic E-state index is -4.53.